The number of alkyl halides is 6. The van der Waals surface area contributed by atoms with Gasteiger partial charge in [-0.1, -0.05) is 0 Å². The summed E-state index contributed by atoms with van der Waals surface area (Å²) in [5.41, 5.74) is -3.43. The second-order valence-corrected chi connectivity index (χ2v) is 14.6. The highest BCUT2D eigenvalue weighted by molar-refractivity contribution is 8.18. The number of amides is 3. The SMILES string of the molecule is CC(C)(C)OC(=O)c1ccc(NC(=O)[C@H](CC2COCCN2)N2C(=O)SC(=Cc3cc(-c4cc(C(F)(F)F)cc(C(F)(F)F)c4)cs3)C2=O)cc1. The molecule has 1 aromatic heterocycles. The zero-order valence-electron chi connectivity index (χ0n) is 27.2. The van der Waals surface area contributed by atoms with Crippen molar-refractivity contribution in [2.45, 2.75) is 57.2 Å². The van der Waals surface area contributed by atoms with Crippen molar-refractivity contribution in [1.82, 2.24) is 10.2 Å². The van der Waals surface area contributed by atoms with E-state index in [4.69, 9.17) is 9.47 Å². The smallest absolute Gasteiger partial charge is 0.416 e. The normalized spacial score (nSPS) is 18.6. The number of hydrogen-bond donors (Lipinski definition) is 2. The lowest BCUT2D eigenvalue weighted by Crippen LogP contribution is -2.52. The van der Waals surface area contributed by atoms with Crippen LogP contribution in [-0.2, 0) is 31.4 Å². The molecule has 5 rings (SSSR count). The summed E-state index contributed by atoms with van der Waals surface area (Å²) in [5, 5.41) is 6.46. The highest BCUT2D eigenvalue weighted by atomic mass is 32.2. The summed E-state index contributed by atoms with van der Waals surface area (Å²) in [7, 11) is 0. The summed E-state index contributed by atoms with van der Waals surface area (Å²) in [5.74, 6) is -2.07. The van der Waals surface area contributed by atoms with Gasteiger partial charge >= 0.3 is 18.3 Å². The number of nitrogens with zero attached hydrogens (tertiary/aromatic N) is 1. The number of rotatable bonds is 8. The molecule has 3 amide bonds. The Bertz CT molecular complexity index is 1810. The maximum absolute atomic E-state index is 13.7. The number of carbonyl (C=O) groups excluding carboxylic acids is 4. The Morgan fingerprint density at radius 2 is 1.65 bits per heavy atom. The Labute approximate surface area is 296 Å². The van der Waals surface area contributed by atoms with Gasteiger partial charge in [0.25, 0.3) is 11.1 Å². The van der Waals surface area contributed by atoms with Crippen LogP contribution in [0.5, 0.6) is 0 Å². The second-order valence-electron chi connectivity index (χ2n) is 12.6. The van der Waals surface area contributed by atoms with E-state index in [1.54, 1.807) is 20.8 Å². The summed E-state index contributed by atoms with van der Waals surface area (Å²) in [6, 6.07) is 6.71. The lowest BCUT2D eigenvalue weighted by Gasteiger charge is -2.30. The standard InChI is InChI=1S/C34H31F6N3O6S2/c1-32(2,3)49-30(46)18-4-6-23(7-5-18)42-28(44)26(14-24-16-48-9-8-41-24)43-29(45)27(51-31(43)47)15-25-12-20(17-50-25)19-10-21(33(35,36)37)13-22(11-19)34(38,39)40/h4-7,10-13,15,17,24,26,41H,8-9,14,16H2,1-3H3,(H,42,44)/t24?,26-/m0/s1. The second kappa shape index (κ2) is 14.8. The molecule has 2 aliphatic heterocycles. The predicted molar refractivity (Wildman–Crippen MR) is 179 cm³/mol. The van der Waals surface area contributed by atoms with E-state index < -0.39 is 64.2 Å². The van der Waals surface area contributed by atoms with Gasteiger partial charge < -0.3 is 20.1 Å². The number of halogens is 6. The number of benzene rings is 2. The first kappa shape index (κ1) is 38.1. The van der Waals surface area contributed by atoms with Crippen LogP contribution >= 0.6 is 23.1 Å². The molecule has 17 heteroatoms. The fourth-order valence-corrected chi connectivity index (χ4v) is 6.99. The number of nitrogens with one attached hydrogen (secondary N) is 2. The zero-order valence-corrected chi connectivity index (χ0v) is 28.9. The van der Waals surface area contributed by atoms with E-state index in [0.717, 1.165) is 16.2 Å². The molecular weight excluding hydrogens is 725 g/mol. The molecule has 0 bridgehead atoms. The van der Waals surface area contributed by atoms with Crippen molar-refractivity contribution in [1.29, 1.82) is 0 Å². The van der Waals surface area contributed by atoms with E-state index in [1.165, 1.54) is 41.8 Å². The van der Waals surface area contributed by atoms with Crippen LogP contribution in [0.2, 0.25) is 0 Å². The highest BCUT2D eigenvalue weighted by Gasteiger charge is 2.44. The molecule has 2 N–H and O–H groups in total. The number of anilines is 1. The number of hydrogen-bond acceptors (Lipinski definition) is 9. The molecule has 2 fully saturated rings. The number of thiophene rings is 1. The number of thioether (sulfide) groups is 1. The summed E-state index contributed by atoms with van der Waals surface area (Å²) in [4.78, 5) is 54.0. The monoisotopic (exact) mass is 755 g/mol. The Morgan fingerprint density at radius 3 is 2.22 bits per heavy atom. The molecule has 9 nitrogen and oxygen atoms in total. The fraction of sp³-hybridized carbons (Fsp3) is 0.353. The molecule has 2 saturated heterocycles. The molecule has 0 saturated carbocycles. The highest BCUT2D eigenvalue weighted by Crippen LogP contribution is 2.41. The van der Waals surface area contributed by atoms with Gasteiger partial charge in [-0.2, -0.15) is 26.3 Å². The van der Waals surface area contributed by atoms with Crippen molar-refractivity contribution in [3.8, 4) is 11.1 Å². The fourth-order valence-electron chi connectivity index (χ4n) is 5.20. The summed E-state index contributed by atoms with van der Waals surface area (Å²) < 4.78 is 91.4. The Hall–Kier alpha value is -4.19. The van der Waals surface area contributed by atoms with Crippen LogP contribution in [0.3, 0.4) is 0 Å². The molecule has 51 heavy (non-hydrogen) atoms. The van der Waals surface area contributed by atoms with Crippen LogP contribution in [0.15, 0.2) is 58.8 Å². The largest absolute Gasteiger partial charge is 0.456 e. The van der Waals surface area contributed by atoms with E-state index in [9.17, 15) is 45.5 Å². The lowest BCUT2D eigenvalue weighted by molar-refractivity contribution is -0.143. The summed E-state index contributed by atoms with van der Waals surface area (Å²) in [6.07, 6.45) is -8.77. The minimum Gasteiger partial charge on any atom is -0.456 e. The van der Waals surface area contributed by atoms with Crippen molar-refractivity contribution >= 4 is 57.9 Å². The number of imide groups is 1. The van der Waals surface area contributed by atoms with E-state index in [1.807, 2.05) is 0 Å². The van der Waals surface area contributed by atoms with Crippen LogP contribution in [0.1, 0.15) is 53.6 Å². The number of carbonyl (C=O) groups is 4. The van der Waals surface area contributed by atoms with E-state index in [2.05, 4.69) is 10.6 Å². The maximum atomic E-state index is 13.7. The minimum absolute atomic E-state index is 0.00657. The average molecular weight is 756 g/mol. The van der Waals surface area contributed by atoms with Crippen molar-refractivity contribution in [2.24, 2.45) is 0 Å². The maximum Gasteiger partial charge on any atom is 0.416 e. The zero-order chi connectivity index (χ0) is 37.3. The molecule has 2 aromatic carbocycles. The van der Waals surface area contributed by atoms with E-state index >= 15 is 0 Å². The molecular formula is C34H31F6N3O6S2. The van der Waals surface area contributed by atoms with Crippen molar-refractivity contribution < 1.29 is 55.0 Å². The summed E-state index contributed by atoms with van der Waals surface area (Å²) in [6.45, 7) is 6.29. The number of ether oxygens (including phenoxy) is 2. The van der Waals surface area contributed by atoms with Crippen molar-refractivity contribution in [3.63, 3.8) is 0 Å². The third kappa shape index (κ3) is 9.58. The van der Waals surface area contributed by atoms with E-state index in [0.29, 0.717) is 37.0 Å². The van der Waals surface area contributed by atoms with Crippen LogP contribution < -0.4 is 10.6 Å². The number of esters is 1. The van der Waals surface area contributed by atoms with Gasteiger partial charge in [-0.05, 0) is 110 Å². The van der Waals surface area contributed by atoms with Crippen LogP contribution in [-0.4, -0.2) is 65.4 Å². The van der Waals surface area contributed by atoms with E-state index in [-0.39, 0.29) is 51.3 Å². The van der Waals surface area contributed by atoms with Gasteiger partial charge in [0.2, 0.25) is 5.91 Å². The minimum atomic E-state index is -5.03. The van der Waals surface area contributed by atoms with Crippen LogP contribution in [0, 0.1) is 0 Å². The molecule has 1 unspecified atom stereocenters. The van der Waals surface area contributed by atoms with Gasteiger partial charge in [-0.15, -0.1) is 11.3 Å². The first-order chi connectivity index (χ1) is 23.8. The molecule has 272 valence electrons. The van der Waals surface area contributed by atoms with Gasteiger partial charge in [0, 0.05) is 23.2 Å². The quantitative estimate of drug-likeness (QED) is 0.136. The van der Waals surface area contributed by atoms with Crippen LogP contribution in [0.25, 0.3) is 17.2 Å². The average Bonchev–Trinajstić information content (AvgIpc) is 3.62. The van der Waals surface area contributed by atoms with Gasteiger partial charge in [-0.3, -0.25) is 19.3 Å². The summed E-state index contributed by atoms with van der Waals surface area (Å²) >= 11 is 1.48. The van der Waals surface area contributed by atoms with Gasteiger partial charge in [0.05, 0.1) is 34.8 Å². The molecule has 3 heterocycles. The van der Waals surface area contributed by atoms with Gasteiger partial charge in [0.1, 0.15) is 11.6 Å². The molecule has 0 aliphatic carbocycles. The molecule has 3 aromatic rings. The molecule has 0 spiro atoms. The first-order valence-corrected chi connectivity index (χ1v) is 17.1. The van der Waals surface area contributed by atoms with Crippen molar-refractivity contribution in [2.75, 3.05) is 25.1 Å². The predicted octanol–water partition coefficient (Wildman–Crippen LogP) is 7.83. The van der Waals surface area contributed by atoms with Gasteiger partial charge in [0.15, 0.2) is 0 Å². The number of morpholine rings is 1. The molecule has 2 aliphatic rings. The van der Waals surface area contributed by atoms with Gasteiger partial charge in [-0.25, -0.2) is 4.79 Å². The molecule has 2 atom stereocenters. The third-order valence-corrected chi connectivity index (χ3v) is 9.31. The Morgan fingerprint density at radius 1 is 1.00 bits per heavy atom. The first-order valence-electron chi connectivity index (χ1n) is 15.4. The Kier molecular flexibility index (Phi) is 11.0. The third-order valence-electron chi connectivity index (χ3n) is 7.55. The topological polar surface area (TPSA) is 114 Å². The Balaban J connectivity index is 1.38. The van der Waals surface area contributed by atoms with Crippen LogP contribution in [0.4, 0.5) is 36.8 Å². The molecule has 0 radical (unpaired) electrons. The lowest BCUT2D eigenvalue weighted by atomic mass is 10.0. The van der Waals surface area contributed by atoms with Crippen molar-refractivity contribution in [3.05, 3.63) is 80.4 Å².